The summed E-state index contributed by atoms with van der Waals surface area (Å²) in [7, 11) is 0. The first-order valence-electron chi connectivity index (χ1n) is 5.75. The average molecular weight is 243 g/mol. The van der Waals surface area contributed by atoms with Crippen molar-refractivity contribution in [3.8, 4) is 0 Å². The summed E-state index contributed by atoms with van der Waals surface area (Å²) in [6.07, 6.45) is 0.288. The van der Waals surface area contributed by atoms with Gasteiger partial charge >= 0.3 is 0 Å². The van der Waals surface area contributed by atoms with Crippen molar-refractivity contribution in [2.45, 2.75) is 13.3 Å². The molecule has 92 valence electrons. The topological polar surface area (TPSA) is 29.1 Å². The monoisotopic (exact) mass is 243 g/mol. The van der Waals surface area contributed by atoms with Crippen LogP contribution in [0.15, 0.2) is 48.5 Å². The van der Waals surface area contributed by atoms with Gasteiger partial charge in [0.05, 0.1) is 6.42 Å². The highest BCUT2D eigenvalue weighted by Crippen LogP contribution is 2.14. The fourth-order valence-electron chi connectivity index (χ4n) is 1.66. The van der Waals surface area contributed by atoms with E-state index in [1.165, 1.54) is 6.07 Å². The van der Waals surface area contributed by atoms with E-state index >= 15 is 0 Å². The highest BCUT2D eigenvalue weighted by atomic mass is 19.1. The van der Waals surface area contributed by atoms with Crippen LogP contribution in [-0.4, -0.2) is 5.91 Å². The van der Waals surface area contributed by atoms with Crippen molar-refractivity contribution in [1.82, 2.24) is 0 Å². The van der Waals surface area contributed by atoms with E-state index in [4.69, 9.17) is 0 Å². The normalized spacial score (nSPS) is 10.1. The molecule has 0 saturated heterocycles. The summed E-state index contributed by atoms with van der Waals surface area (Å²) in [5.41, 5.74) is 1.98. The summed E-state index contributed by atoms with van der Waals surface area (Å²) in [5, 5.41) is 2.68. The van der Waals surface area contributed by atoms with Crippen LogP contribution < -0.4 is 5.32 Å². The molecule has 18 heavy (non-hydrogen) atoms. The van der Waals surface area contributed by atoms with Crippen molar-refractivity contribution in [3.05, 3.63) is 65.5 Å². The molecule has 2 rings (SSSR count). The van der Waals surface area contributed by atoms with Crippen molar-refractivity contribution in [3.63, 3.8) is 0 Å². The Balaban J connectivity index is 2.01. The van der Waals surface area contributed by atoms with Crippen molar-refractivity contribution in [1.29, 1.82) is 0 Å². The number of halogens is 1. The van der Waals surface area contributed by atoms with E-state index in [1.807, 2.05) is 30.3 Å². The van der Waals surface area contributed by atoms with Crippen molar-refractivity contribution in [2.24, 2.45) is 0 Å². The minimum Gasteiger partial charge on any atom is -0.326 e. The third kappa shape index (κ3) is 3.17. The highest BCUT2D eigenvalue weighted by Gasteiger charge is 2.05. The molecule has 2 aromatic rings. The van der Waals surface area contributed by atoms with Gasteiger partial charge in [0.2, 0.25) is 5.91 Å². The van der Waals surface area contributed by atoms with Crippen LogP contribution in [0.1, 0.15) is 11.1 Å². The van der Waals surface area contributed by atoms with Gasteiger partial charge in [-0.25, -0.2) is 4.39 Å². The average Bonchev–Trinajstić information content (AvgIpc) is 2.35. The van der Waals surface area contributed by atoms with Gasteiger partial charge in [0.1, 0.15) is 5.82 Å². The Hall–Kier alpha value is -2.16. The lowest BCUT2D eigenvalue weighted by Crippen LogP contribution is -2.14. The molecule has 1 N–H and O–H groups in total. The molecule has 3 heteroatoms. The number of nitrogens with one attached hydrogen (secondary N) is 1. The first kappa shape index (κ1) is 12.3. The molecule has 0 spiro atoms. The number of anilines is 1. The summed E-state index contributed by atoms with van der Waals surface area (Å²) in [5.74, 6) is -0.461. The lowest BCUT2D eigenvalue weighted by molar-refractivity contribution is -0.115. The summed E-state index contributed by atoms with van der Waals surface area (Å²) in [4.78, 5) is 11.7. The molecule has 0 aliphatic rings. The molecule has 0 bridgehead atoms. The number of hydrogen-bond acceptors (Lipinski definition) is 1. The molecular weight excluding hydrogens is 229 g/mol. The Morgan fingerprint density at radius 1 is 1.17 bits per heavy atom. The van der Waals surface area contributed by atoms with Crippen LogP contribution in [0.25, 0.3) is 0 Å². The van der Waals surface area contributed by atoms with Gasteiger partial charge in [-0.3, -0.25) is 4.79 Å². The fraction of sp³-hybridized carbons (Fsp3) is 0.133. The zero-order valence-corrected chi connectivity index (χ0v) is 10.1. The number of rotatable bonds is 3. The molecule has 0 radical (unpaired) electrons. The van der Waals surface area contributed by atoms with Gasteiger partial charge in [0, 0.05) is 5.69 Å². The molecule has 0 aromatic heterocycles. The van der Waals surface area contributed by atoms with Crippen molar-refractivity contribution < 1.29 is 9.18 Å². The predicted octanol–water partition coefficient (Wildman–Crippen LogP) is 3.32. The van der Waals surface area contributed by atoms with E-state index in [0.717, 1.165) is 5.56 Å². The predicted molar refractivity (Wildman–Crippen MR) is 69.9 cm³/mol. The molecule has 1 amide bonds. The van der Waals surface area contributed by atoms with Crippen molar-refractivity contribution >= 4 is 11.6 Å². The number of carbonyl (C=O) groups excluding carboxylic acids is 1. The number of carbonyl (C=O) groups is 1. The van der Waals surface area contributed by atoms with E-state index in [1.54, 1.807) is 19.1 Å². The van der Waals surface area contributed by atoms with Crippen LogP contribution in [0, 0.1) is 12.7 Å². The number of benzene rings is 2. The summed E-state index contributed by atoms with van der Waals surface area (Å²) in [6.45, 7) is 1.69. The van der Waals surface area contributed by atoms with E-state index < -0.39 is 0 Å². The lowest BCUT2D eigenvalue weighted by atomic mass is 10.1. The van der Waals surface area contributed by atoms with Crippen LogP contribution >= 0.6 is 0 Å². The van der Waals surface area contributed by atoms with Crippen LogP contribution in [-0.2, 0) is 11.2 Å². The van der Waals surface area contributed by atoms with Crippen LogP contribution in [0.3, 0.4) is 0 Å². The standard InChI is InChI=1S/C15H14FNO/c1-11-7-8-13(10-14(11)16)17-15(18)9-12-5-3-2-4-6-12/h2-8,10H,9H2,1H3,(H,17,18). The Bertz CT molecular complexity index is 552. The summed E-state index contributed by atoms with van der Waals surface area (Å²) < 4.78 is 13.3. The summed E-state index contributed by atoms with van der Waals surface area (Å²) >= 11 is 0. The quantitative estimate of drug-likeness (QED) is 0.880. The van der Waals surface area contributed by atoms with E-state index in [2.05, 4.69) is 5.32 Å². The van der Waals surface area contributed by atoms with Crippen LogP contribution in [0.4, 0.5) is 10.1 Å². The zero-order valence-electron chi connectivity index (χ0n) is 10.1. The molecule has 0 aliphatic carbocycles. The number of amides is 1. The minimum atomic E-state index is -0.312. The maximum Gasteiger partial charge on any atom is 0.228 e. The molecule has 0 heterocycles. The minimum absolute atomic E-state index is 0.149. The van der Waals surface area contributed by atoms with Gasteiger partial charge in [-0.2, -0.15) is 0 Å². The lowest BCUT2D eigenvalue weighted by Gasteiger charge is -2.06. The van der Waals surface area contributed by atoms with Gasteiger partial charge in [0.15, 0.2) is 0 Å². The summed E-state index contributed by atoms with van der Waals surface area (Å²) in [6, 6.07) is 14.1. The number of hydrogen-bond donors (Lipinski definition) is 1. The zero-order chi connectivity index (χ0) is 13.0. The van der Waals surface area contributed by atoms with Crippen LogP contribution in [0.2, 0.25) is 0 Å². The molecule has 0 saturated carbocycles. The fourth-order valence-corrected chi connectivity index (χ4v) is 1.66. The largest absolute Gasteiger partial charge is 0.326 e. The van der Waals surface area contributed by atoms with Crippen molar-refractivity contribution in [2.75, 3.05) is 5.32 Å². The highest BCUT2D eigenvalue weighted by molar-refractivity contribution is 5.92. The molecule has 0 aliphatic heterocycles. The maximum atomic E-state index is 13.3. The third-order valence-electron chi connectivity index (χ3n) is 2.66. The second kappa shape index (κ2) is 5.45. The third-order valence-corrected chi connectivity index (χ3v) is 2.66. The first-order chi connectivity index (χ1) is 8.65. The van der Waals surface area contributed by atoms with Gasteiger partial charge < -0.3 is 5.32 Å². The number of aryl methyl sites for hydroxylation is 1. The molecule has 0 atom stereocenters. The Labute approximate surface area is 105 Å². The maximum absolute atomic E-state index is 13.3. The van der Waals surface area contributed by atoms with Gasteiger partial charge in [-0.15, -0.1) is 0 Å². The molecule has 2 aromatic carbocycles. The van der Waals surface area contributed by atoms with E-state index in [-0.39, 0.29) is 18.1 Å². The van der Waals surface area contributed by atoms with E-state index in [0.29, 0.717) is 11.3 Å². The second-order valence-electron chi connectivity index (χ2n) is 4.17. The smallest absolute Gasteiger partial charge is 0.228 e. The Kier molecular flexibility index (Phi) is 3.72. The van der Waals surface area contributed by atoms with Crippen LogP contribution in [0.5, 0.6) is 0 Å². The van der Waals surface area contributed by atoms with Gasteiger partial charge in [-0.1, -0.05) is 36.4 Å². The molecule has 0 fully saturated rings. The Morgan fingerprint density at radius 2 is 1.89 bits per heavy atom. The Morgan fingerprint density at radius 3 is 2.56 bits per heavy atom. The molecule has 2 nitrogen and oxygen atoms in total. The SMILES string of the molecule is Cc1ccc(NC(=O)Cc2ccccc2)cc1F. The van der Waals surface area contributed by atoms with Gasteiger partial charge in [0.25, 0.3) is 0 Å². The molecule has 0 unspecified atom stereocenters. The second-order valence-corrected chi connectivity index (χ2v) is 4.17. The molecular formula is C15H14FNO. The van der Waals surface area contributed by atoms with Gasteiger partial charge in [-0.05, 0) is 30.2 Å². The first-order valence-corrected chi connectivity index (χ1v) is 5.75. The van der Waals surface area contributed by atoms with E-state index in [9.17, 15) is 9.18 Å².